The predicted octanol–water partition coefficient (Wildman–Crippen LogP) is 3.25. The zero-order valence-corrected chi connectivity index (χ0v) is 15.7. The minimum atomic E-state index is 0.276. The van der Waals surface area contributed by atoms with E-state index < -0.39 is 0 Å². The number of aryl methyl sites for hydroxylation is 1. The van der Waals surface area contributed by atoms with E-state index in [0.29, 0.717) is 6.42 Å². The van der Waals surface area contributed by atoms with Gasteiger partial charge in [-0.05, 0) is 57.2 Å². The summed E-state index contributed by atoms with van der Waals surface area (Å²) in [5, 5.41) is 10.9. The summed E-state index contributed by atoms with van der Waals surface area (Å²) in [6.45, 7) is 3.00. The lowest BCUT2D eigenvalue weighted by Crippen LogP contribution is -2.31. The van der Waals surface area contributed by atoms with E-state index in [-0.39, 0.29) is 5.91 Å². The molecule has 2 N–H and O–H groups in total. The molecule has 140 valence electrons. The number of nitrogens with one attached hydrogen (secondary N) is 2. The van der Waals surface area contributed by atoms with Crippen LogP contribution in [0.4, 0.5) is 0 Å². The summed E-state index contributed by atoms with van der Waals surface area (Å²) in [6, 6.07) is 12.3. The van der Waals surface area contributed by atoms with E-state index in [9.17, 15) is 4.79 Å². The molecule has 2 heterocycles. The van der Waals surface area contributed by atoms with Gasteiger partial charge in [-0.3, -0.25) is 9.89 Å². The molecule has 2 aromatic rings. The van der Waals surface area contributed by atoms with Crippen LogP contribution in [0.1, 0.15) is 37.8 Å². The Balaban J connectivity index is 1.37. The first kappa shape index (κ1) is 18.6. The number of aromatic nitrogens is 2. The smallest absolute Gasteiger partial charge is 0.222 e. The van der Waals surface area contributed by atoms with Gasteiger partial charge in [0.2, 0.25) is 5.91 Å². The molecule has 0 spiro atoms. The van der Waals surface area contributed by atoms with Crippen LogP contribution in [0.3, 0.4) is 0 Å². The van der Waals surface area contributed by atoms with Gasteiger partial charge < -0.3 is 10.2 Å². The molecular weight excluding hydrogens is 324 g/mol. The highest BCUT2D eigenvalue weighted by atomic mass is 16.2. The maximum Gasteiger partial charge on any atom is 0.222 e. The van der Waals surface area contributed by atoms with E-state index in [1.807, 2.05) is 30.1 Å². The topological polar surface area (TPSA) is 61.0 Å². The molecule has 1 aliphatic heterocycles. The van der Waals surface area contributed by atoms with Gasteiger partial charge in [0.25, 0.3) is 0 Å². The minimum absolute atomic E-state index is 0.276. The van der Waals surface area contributed by atoms with Crippen molar-refractivity contribution in [2.45, 2.75) is 38.5 Å². The quantitative estimate of drug-likeness (QED) is 0.765. The Bertz CT molecular complexity index is 676. The average molecular weight is 354 g/mol. The second-order valence-corrected chi connectivity index (χ2v) is 7.30. The standard InChI is InChI=1S/C21H30N4O/c1-25(21(26)10-9-17-11-13-22-14-12-17)15-5-8-19-16-20(24-23-19)18-6-3-2-4-7-18/h2-4,6-7,16-17,22H,5,8-15H2,1H3,(H,23,24). The third kappa shape index (κ3) is 5.43. The summed E-state index contributed by atoms with van der Waals surface area (Å²) in [7, 11) is 1.92. The highest BCUT2D eigenvalue weighted by molar-refractivity contribution is 5.75. The molecule has 1 aromatic heterocycles. The summed E-state index contributed by atoms with van der Waals surface area (Å²) in [5.41, 5.74) is 3.23. The van der Waals surface area contributed by atoms with Gasteiger partial charge in [0, 0.05) is 31.3 Å². The van der Waals surface area contributed by atoms with E-state index in [0.717, 1.165) is 61.8 Å². The second kappa shape index (κ2) is 9.53. The summed E-state index contributed by atoms with van der Waals surface area (Å²) in [6.07, 6.45) is 5.99. The number of hydrogen-bond acceptors (Lipinski definition) is 3. The molecule has 1 amide bonds. The minimum Gasteiger partial charge on any atom is -0.346 e. The molecule has 1 saturated heterocycles. The van der Waals surface area contributed by atoms with Crippen molar-refractivity contribution in [2.75, 3.05) is 26.7 Å². The molecule has 1 aliphatic rings. The number of nitrogens with zero attached hydrogens (tertiary/aromatic N) is 2. The number of piperidine rings is 1. The largest absolute Gasteiger partial charge is 0.346 e. The van der Waals surface area contributed by atoms with Gasteiger partial charge in [-0.1, -0.05) is 30.3 Å². The number of amides is 1. The van der Waals surface area contributed by atoms with Crippen LogP contribution in [-0.2, 0) is 11.2 Å². The predicted molar refractivity (Wildman–Crippen MR) is 105 cm³/mol. The molecule has 3 rings (SSSR count). The van der Waals surface area contributed by atoms with E-state index in [2.05, 4.69) is 33.7 Å². The number of rotatable bonds is 8. The van der Waals surface area contributed by atoms with E-state index in [1.54, 1.807) is 0 Å². The van der Waals surface area contributed by atoms with Gasteiger partial charge in [0.1, 0.15) is 0 Å². The number of hydrogen-bond donors (Lipinski definition) is 2. The molecule has 0 atom stereocenters. The zero-order valence-electron chi connectivity index (χ0n) is 15.7. The number of carbonyl (C=O) groups excluding carboxylic acids is 1. The van der Waals surface area contributed by atoms with Crippen molar-refractivity contribution in [3.63, 3.8) is 0 Å². The van der Waals surface area contributed by atoms with Crippen LogP contribution in [-0.4, -0.2) is 47.7 Å². The molecule has 0 bridgehead atoms. The van der Waals surface area contributed by atoms with Crippen molar-refractivity contribution in [2.24, 2.45) is 5.92 Å². The van der Waals surface area contributed by atoms with Gasteiger partial charge in [0.05, 0.1) is 5.69 Å². The fourth-order valence-corrected chi connectivity index (χ4v) is 3.57. The van der Waals surface area contributed by atoms with Gasteiger partial charge in [0.15, 0.2) is 0 Å². The van der Waals surface area contributed by atoms with Crippen molar-refractivity contribution in [1.29, 1.82) is 0 Å². The maximum atomic E-state index is 12.3. The molecule has 0 unspecified atom stereocenters. The first-order valence-electron chi connectivity index (χ1n) is 9.77. The average Bonchev–Trinajstić information content (AvgIpc) is 3.16. The van der Waals surface area contributed by atoms with E-state index in [4.69, 9.17) is 0 Å². The normalized spacial score (nSPS) is 15.1. The Morgan fingerprint density at radius 1 is 1.23 bits per heavy atom. The van der Waals surface area contributed by atoms with Gasteiger partial charge in [-0.2, -0.15) is 5.10 Å². The van der Waals surface area contributed by atoms with Crippen molar-refractivity contribution < 1.29 is 4.79 Å². The number of aromatic amines is 1. The molecule has 26 heavy (non-hydrogen) atoms. The summed E-state index contributed by atoms with van der Waals surface area (Å²) in [5.74, 6) is 0.994. The summed E-state index contributed by atoms with van der Waals surface area (Å²) in [4.78, 5) is 14.2. The van der Waals surface area contributed by atoms with Gasteiger partial charge in [-0.15, -0.1) is 0 Å². The fraction of sp³-hybridized carbons (Fsp3) is 0.524. The van der Waals surface area contributed by atoms with Crippen LogP contribution in [0.15, 0.2) is 36.4 Å². The van der Waals surface area contributed by atoms with Crippen molar-refractivity contribution in [3.8, 4) is 11.3 Å². The number of benzene rings is 1. The van der Waals surface area contributed by atoms with Crippen LogP contribution in [0.2, 0.25) is 0 Å². The Kier molecular flexibility index (Phi) is 6.83. The lowest BCUT2D eigenvalue weighted by molar-refractivity contribution is -0.130. The SMILES string of the molecule is CN(CCCc1cc(-c2ccccc2)n[nH]1)C(=O)CCC1CCNCC1. The molecule has 1 aromatic carbocycles. The van der Waals surface area contributed by atoms with Gasteiger partial charge in [-0.25, -0.2) is 0 Å². The zero-order chi connectivity index (χ0) is 18.2. The number of carbonyl (C=O) groups is 1. The van der Waals surface area contributed by atoms with Crippen LogP contribution in [0, 0.1) is 5.92 Å². The molecule has 1 fully saturated rings. The molecule has 5 nitrogen and oxygen atoms in total. The molecule has 5 heteroatoms. The van der Waals surface area contributed by atoms with Gasteiger partial charge >= 0.3 is 0 Å². The Labute approximate surface area is 156 Å². The molecule has 0 radical (unpaired) electrons. The van der Waals surface area contributed by atoms with Crippen molar-refractivity contribution in [3.05, 3.63) is 42.1 Å². The van der Waals surface area contributed by atoms with Crippen molar-refractivity contribution >= 4 is 5.91 Å². The second-order valence-electron chi connectivity index (χ2n) is 7.30. The van der Waals surface area contributed by atoms with Crippen molar-refractivity contribution in [1.82, 2.24) is 20.4 Å². The highest BCUT2D eigenvalue weighted by Gasteiger charge is 2.16. The third-order valence-electron chi connectivity index (χ3n) is 5.29. The lowest BCUT2D eigenvalue weighted by atomic mass is 9.93. The lowest BCUT2D eigenvalue weighted by Gasteiger charge is -2.23. The molecular formula is C21H30N4O. The van der Waals surface area contributed by atoms with E-state index in [1.165, 1.54) is 12.8 Å². The van der Waals surface area contributed by atoms with E-state index >= 15 is 0 Å². The molecule has 0 aliphatic carbocycles. The van der Waals surface area contributed by atoms with Crippen LogP contribution < -0.4 is 5.32 Å². The Morgan fingerprint density at radius 2 is 2.00 bits per heavy atom. The first-order valence-corrected chi connectivity index (χ1v) is 9.77. The Morgan fingerprint density at radius 3 is 2.77 bits per heavy atom. The number of H-pyrrole nitrogens is 1. The van der Waals surface area contributed by atoms with Crippen LogP contribution in [0.25, 0.3) is 11.3 Å². The van der Waals surface area contributed by atoms with Crippen LogP contribution >= 0.6 is 0 Å². The monoisotopic (exact) mass is 354 g/mol. The highest BCUT2D eigenvalue weighted by Crippen LogP contribution is 2.19. The Hall–Kier alpha value is -2.14. The summed E-state index contributed by atoms with van der Waals surface area (Å²) >= 11 is 0. The maximum absolute atomic E-state index is 12.3. The third-order valence-corrected chi connectivity index (χ3v) is 5.29. The fourth-order valence-electron chi connectivity index (χ4n) is 3.57. The molecule has 0 saturated carbocycles. The summed E-state index contributed by atoms with van der Waals surface area (Å²) < 4.78 is 0. The first-order chi connectivity index (χ1) is 12.7. The van der Waals surface area contributed by atoms with Crippen LogP contribution in [0.5, 0.6) is 0 Å².